The van der Waals surface area contributed by atoms with Crippen LogP contribution in [-0.2, 0) is 0 Å². The molecule has 6 nitrogen and oxygen atoms in total. The van der Waals surface area contributed by atoms with Crippen molar-refractivity contribution in [2.75, 3.05) is 0 Å². The summed E-state index contributed by atoms with van der Waals surface area (Å²) in [6.45, 7) is 3.33. The van der Waals surface area contributed by atoms with Crippen molar-refractivity contribution in [1.82, 2.24) is 19.9 Å². The van der Waals surface area contributed by atoms with Crippen molar-refractivity contribution in [3.05, 3.63) is 28.7 Å². The van der Waals surface area contributed by atoms with E-state index >= 15 is 0 Å². The van der Waals surface area contributed by atoms with Crippen LogP contribution in [0.1, 0.15) is 40.2 Å². The molecule has 0 atom stereocenters. The summed E-state index contributed by atoms with van der Waals surface area (Å²) in [4.78, 5) is 16.5. The Bertz CT molecular complexity index is 813. The highest BCUT2D eigenvalue weighted by atomic mass is 19.3. The first-order chi connectivity index (χ1) is 10.3. The highest BCUT2D eigenvalue weighted by molar-refractivity contribution is 5.94. The molecular formula is C14H13F2N5O. The number of amides is 1. The van der Waals surface area contributed by atoms with Gasteiger partial charge in [0.25, 0.3) is 11.8 Å². The number of fused-ring (bicyclic) bond motifs is 1. The minimum atomic E-state index is -2.70. The van der Waals surface area contributed by atoms with Gasteiger partial charge in [0.2, 0.25) is 0 Å². The van der Waals surface area contributed by atoms with Gasteiger partial charge in [0.15, 0.2) is 5.65 Å². The third kappa shape index (κ3) is 2.19. The molecule has 1 saturated carbocycles. The second kappa shape index (κ2) is 4.73. The van der Waals surface area contributed by atoms with Crippen LogP contribution in [-0.4, -0.2) is 32.5 Å². The number of aryl methyl sites for hydroxylation is 2. The molecule has 8 heteroatoms. The number of alkyl halides is 2. The molecule has 1 fully saturated rings. The van der Waals surface area contributed by atoms with Gasteiger partial charge in [0, 0.05) is 25.1 Å². The van der Waals surface area contributed by atoms with Crippen molar-refractivity contribution in [3.8, 4) is 6.07 Å². The van der Waals surface area contributed by atoms with Gasteiger partial charge >= 0.3 is 0 Å². The van der Waals surface area contributed by atoms with Crippen molar-refractivity contribution in [3.63, 3.8) is 0 Å². The lowest BCUT2D eigenvalue weighted by molar-refractivity contribution is -0.0901. The zero-order chi connectivity index (χ0) is 16.1. The van der Waals surface area contributed by atoms with Crippen molar-refractivity contribution < 1.29 is 13.6 Å². The number of nitrogens with zero attached hydrogens (tertiary/aromatic N) is 4. The van der Waals surface area contributed by atoms with Crippen molar-refractivity contribution in [1.29, 1.82) is 5.26 Å². The summed E-state index contributed by atoms with van der Waals surface area (Å²) in [5, 5.41) is 15.9. The first-order valence-corrected chi connectivity index (χ1v) is 6.76. The fourth-order valence-electron chi connectivity index (χ4n) is 2.60. The minimum Gasteiger partial charge on any atom is -0.348 e. The maximum Gasteiger partial charge on any atom is 0.270 e. The Morgan fingerprint density at radius 2 is 2.18 bits per heavy atom. The molecule has 0 spiro atoms. The van der Waals surface area contributed by atoms with E-state index in [1.54, 1.807) is 13.8 Å². The van der Waals surface area contributed by atoms with E-state index in [1.807, 2.05) is 6.07 Å². The summed E-state index contributed by atoms with van der Waals surface area (Å²) >= 11 is 0. The molecule has 0 saturated heterocycles. The predicted molar refractivity (Wildman–Crippen MR) is 72.6 cm³/mol. The van der Waals surface area contributed by atoms with Crippen LogP contribution in [0.4, 0.5) is 8.78 Å². The quantitative estimate of drug-likeness (QED) is 0.916. The Balaban J connectivity index is 1.98. The molecular weight excluding hydrogens is 292 g/mol. The Kier molecular flexibility index (Phi) is 3.09. The first kappa shape index (κ1) is 14.4. The molecule has 1 aliphatic carbocycles. The van der Waals surface area contributed by atoms with Crippen LogP contribution in [0, 0.1) is 25.2 Å². The Labute approximate surface area is 124 Å². The van der Waals surface area contributed by atoms with Gasteiger partial charge in [-0.05, 0) is 19.4 Å². The number of carbonyl (C=O) groups is 1. The maximum absolute atomic E-state index is 12.9. The number of hydrogen-bond acceptors (Lipinski definition) is 4. The minimum absolute atomic E-state index is 0.213. The molecule has 22 heavy (non-hydrogen) atoms. The van der Waals surface area contributed by atoms with Gasteiger partial charge in [0.1, 0.15) is 17.3 Å². The zero-order valence-electron chi connectivity index (χ0n) is 12.0. The number of carbonyl (C=O) groups excluding carboxylic acids is 1. The molecule has 1 amide bonds. The van der Waals surface area contributed by atoms with Gasteiger partial charge in [-0.3, -0.25) is 4.79 Å². The highest BCUT2D eigenvalue weighted by Crippen LogP contribution is 2.37. The van der Waals surface area contributed by atoms with E-state index in [9.17, 15) is 13.6 Å². The predicted octanol–water partition coefficient (Wildman–Crippen LogP) is 1.75. The molecule has 0 radical (unpaired) electrons. The third-order valence-electron chi connectivity index (χ3n) is 3.75. The van der Waals surface area contributed by atoms with E-state index in [-0.39, 0.29) is 24.2 Å². The fraction of sp³-hybridized carbons (Fsp3) is 0.429. The molecule has 1 N–H and O–H groups in total. The van der Waals surface area contributed by atoms with Gasteiger partial charge in [-0.25, -0.2) is 18.3 Å². The van der Waals surface area contributed by atoms with Crippen LogP contribution in [0.2, 0.25) is 0 Å². The average Bonchev–Trinajstić information content (AvgIpc) is 2.71. The van der Waals surface area contributed by atoms with Crippen LogP contribution in [0.15, 0.2) is 6.20 Å². The lowest BCUT2D eigenvalue weighted by Crippen LogP contribution is -2.50. The van der Waals surface area contributed by atoms with Crippen molar-refractivity contribution in [2.45, 2.75) is 38.7 Å². The van der Waals surface area contributed by atoms with Crippen molar-refractivity contribution in [2.24, 2.45) is 0 Å². The summed E-state index contributed by atoms with van der Waals surface area (Å²) in [6.07, 6.45) is 0.767. The van der Waals surface area contributed by atoms with Gasteiger partial charge in [-0.15, -0.1) is 0 Å². The van der Waals surface area contributed by atoms with Crippen LogP contribution in [0.3, 0.4) is 0 Å². The lowest BCUT2D eigenvalue weighted by atomic mass is 9.88. The molecule has 2 heterocycles. The zero-order valence-corrected chi connectivity index (χ0v) is 12.0. The van der Waals surface area contributed by atoms with E-state index < -0.39 is 17.9 Å². The third-order valence-corrected chi connectivity index (χ3v) is 3.75. The van der Waals surface area contributed by atoms with Gasteiger partial charge in [-0.2, -0.15) is 10.4 Å². The normalized spacial score (nSPS) is 17.0. The summed E-state index contributed by atoms with van der Waals surface area (Å²) in [5.74, 6) is -3.19. The number of nitriles is 1. The van der Waals surface area contributed by atoms with Gasteiger partial charge in [0.05, 0.1) is 5.69 Å². The second-order valence-corrected chi connectivity index (χ2v) is 5.53. The van der Waals surface area contributed by atoms with Crippen LogP contribution >= 0.6 is 0 Å². The smallest absolute Gasteiger partial charge is 0.270 e. The van der Waals surface area contributed by atoms with Crippen LogP contribution < -0.4 is 5.32 Å². The molecule has 0 aromatic carbocycles. The van der Waals surface area contributed by atoms with E-state index in [4.69, 9.17) is 5.26 Å². The largest absolute Gasteiger partial charge is 0.348 e. The SMILES string of the molecule is Cc1cnc2c(C#N)c(C)nn2c1C(=O)NC1CC(F)(F)C1. The summed E-state index contributed by atoms with van der Waals surface area (Å²) in [7, 11) is 0. The molecule has 2 aromatic heterocycles. The monoisotopic (exact) mass is 305 g/mol. The molecule has 0 bridgehead atoms. The first-order valence-electron chi connectivity index (χ1n) is 6.76. The molecule has 0 unspecified atom stereocenters. The molecule has 1 aliphatic rings. The topological polar surface area (TPSA) is 83.1 Å². The Morgan fingerprint density at radius 1 is 1.50 bits per heavy atom. The Morgan fingerprint density at radius 3 is 2.77 bits per heavy atom. The molecule has 3 rings (SSSR count). The van der Waals surface area contributed by atoms with Gasteiger partial charge < -0.3 is 5.32 Å². The maximum atomic E-state index is 12.9. The summed E-state index contributed by atoms with van der Waals surface area (Å²) < 4.78 is 27.0. The van der Waals surface area contributed by atoms with E-state index in [2.05, 4.69) is 15.4 Å². The standard InChI is InChI=1S/C14H13F2N5O/c1-7-6-18-12-10(5-17)8(2)20-21(12)11(7)13(22)19-9-3-14(15,16)4-9/h6,9H,3-4H2,1-2H3,(H,19,22). The lowest BCUT2D eigenvalue weighted by Gasteiger charge is -2.35. The number of halogens is 2. The number of nitrogens with one attached hydrogen (secondary N) is 1. The number of hydrogen-bond donors (Lipinski definition) is 1. The van der Waals surface area contributed by atoms with E-state index in [1.165, 1.54) is 10.7 Å². The van der Waals surface area contributed by atoms with Crippen LogP contribution in [0.5, 0.6) is 0 Å². The van der Waals surface area contributed by atoms with Crippen molar-refractivity contribution >= 4 is 11.6 Å². The van der Waals surface area contributed by atoms with Gasteiger partial charge in [-0.1, -0.05) is 0 Å². The summed E-state index contributed by atoms with van der Waals surface area (Å²) in [5.41, 5.74) is 1.82. The fourth-order valence-corrected chi connectivity index (χ4v) is 2.60. The Hall–Kier alpha value is -2.56. The summed E-state index contributed by atoms with van der Waals surface area (Å²) in [6, 6.07) is 1.46. The average molecular weight is 305 g/mol. The van der Waals surface area contributed by atoms with E-state index in [0.717, 1.165) is 0 Å². The highest BCUT2D eigenvalue weighted by Gasteiger charge is 2.46. The molecule has 114 valence electrons. The molecule has 2 aromatic rings. The number of rotatable bonds is 2. The molecule has 0 aliphatic heterocycles. The van der Waals surface area contributed by atoms with E-state index in [0.29, 0.717) is 16.8 Å². The number of aromatic nitrogens is 3. The second-order valence-electron chi connectivity index (χ2n) is 5.53. The van der Waals surface area contributed by atoms with Crippen LogP contribution in [0.25, 0.3) is 5.65 Å².